The first-order valence-electron chi connectivity index (χ1n) is 7.05. The number of carbonyl (C=O) groups is 1. The first kappa shape index (κ1) is 17.9. The Morgan fingerprint density at radius 2 is 1.88 bits per heavy atom. The molecule has 0 amide bonds. The van der Waals surface area contributed by atoms with Crippen molar-refractivity contribution in [2.45, 2.75) is 11.3 Å². The third-order valence-corrected chi connectivity index (χ3v) is 4.28. The van der Waals surface area contributed by atoms with E-state index in [0.29, 0.717) is 18.7 Å². The number of hydrogen-bond acceptors (Lipinski definition) is 5. The first-order valence-corrected chi connectivity index (χ1v) is 8.59. The van der Waals surface area contributed by atoms with Crippen LogP contribution in [-0.2, 0) is 21.2 Å². The van der Waals surface area contributed by atoms with Crippen LogP contribution in [0.15, 0.2) is 47.4 Å². The maximum Gasteiger partial charge on any atom is 0.340 e. The van der Waals surface area contributed by atoms with Gasteiger partial charge in [0.25, 0.3) is 0 Å². The minimum Gasteiger partial charge on any atom is -0.465 e. The van der Waals surface area contributed by atoms with Crippen molar-refractivity contribution in [3.8, 4) is 0 Å². The second-order valence-corrected chi connectivity index (χ2v) is 6.61. The lowest BCUT2D eigenvalue weighted by Crippen LogP contribution is -2.15. The molecular formula is C16H17FN2O4S. The SMILES string of the molecule is COC(=O)c1cc(S(N)(=O)=O)ccc1NCCc1ccc(F)cc1. The van der Waals surface area contributed by atoms with Gasteiger partial charge in [-0.3, -0.25) is 0 Å². The van der Waals surface area contributed by atoms with Crippen LogP contribution in [0.3, 0.4) is 0 Å². The van der Waals surface area contributed by atoms with Crippen LogP contribution in [0.4, 0.5) is 10.1 Å². The van der Waals surface area contributed by atoms with Gasteiger partial charge < -0.3 is 10.1 Å². The van der Waals surface area contributed by atoms with Crippen molar-refractivity contribution in [3.05, 3.63) is 59.4 Å². The Labute approximate surface area is 139 Å². The molecule has 0 aliphatic heterocycles. The number of halogens is 1. The molecule has 2 rings (SSSR count). The van der Waals surface area contributed by atoms with E-state index in [-0.39, 0.29) is 16.3 Å². The molecule has 0 fully saturated rings. The third-order valence-electron chi connectivity index (χ3n) is 3.37. The monoisotopic (exact) mass is 352 g/mol. The number of hydrogen-bond donors (Lipinski definition) is 2. The zero-order valence-corrected chi connectivity index (χ0v) is 13.8. The summed E-state index contributed by atoms with van der Waals surface area (Å²) in [6.45, 7) is 0.463. The lowest BCUT2D eigenvalue weighted by molar-refractivity contribution is 0.0601. The van der Waals surface area contributed by atoms with Crippen LogP contribution in [0.5, 0.6) is 0 Å². The Morgan fingerprint density at radius 3 is 2.46 bits per heavy atom. The van der Waals surface area contributed by atoms with E-state index in [0.717, 1.165) is 5.56 Å². The highest BCUT2D eigenvalue weighted by Crippen LogP contribution is 2.21. The number of primary sulfonamides is 1. The maximum atomic E-state index is 12.9. The average Bonchev–Trinajstić information content (AvgIpc) is 2.55. The molecule has 0 aliphatic carbocycles. The summed E-state index contributed by atoms with van der Waals surface area (Å²) in [7, 11) is -2.72. The number of methoxy groups -OCH3 is 1. The number of ether oxygens (including phenoxy) is 1. The standard InChI is InChI=1S/C16H17FN2O4S/c1-23-16(20)14-10-13(24(18,21)22)6-7-15(14)19-9-8-11-2-4-12(17)5-3-11/h2-7,10,19H,8-9H2,1H3,(H2,18,21,22). The van der Waals surface area contributed by atoms with E-state index in [1.54, 1.807) is 12.1 Å². The lowest BCUT2D eigenvalue weighted by Gasteiger charge is -2.12. The Hall–Kier alpha value is -2.45. The fourth-order valence-corrected chi connectivity index (χ4v) is 2.67. The van der Waals surface area contributed by atoms with Crippen molar-refractivity contribution in [1.29, 1.82) is 0 Å². The fourth-order valence-electron chi connectivity index (χ4n) is 2.13. The normalized spacial score (nSPS) is 11.1. The molecule has 0 radical (unpaired) electrons. The molecule has 2 aromatic rings. The van der Waals surface area contributed by atoms with Crippen molar-refractivity contribution in [1.82, 2.24) is 0 Å². The van der Waals surface area contributed by atoms with E-state index in [9.17, 15) is 17.6 Å². The molecule has 0 aliphatic rings. The van der Waals surface area contributed by atoms with Crippen LogP contribution >= 0.6 is 0 Å². The average molecular weight is 352 g/mol. The van der Waals surface area contributed by atoms with E-state index >= 15 is 0 Å². The van der Waals surface area contributed by atoms with E-state index < -0.39 is 16.0 Å². The van der Waals surface area contributed by atoms with Gasteiger partial charge in [-0.15, -0.1) is 0 Å². The molecule has 0 aromatic heterocycles. The lowest BCUT2D eigenvalue weighted by atomic mass is 10.1. The number of sulfonamides is 1. The van der Waals surface area contributed by atoms with Gasteiger partial charge in [0.05, 0.1) is 17.6 Å². The summed E-state index contributed by atoms with van der Waals surface area (Å²) in [5.74, 6) is -0.983. The number of rotatable bonds is 6. The first-order chi connectivity index (χ1) is 11.3. The van der Waals surface area contributed by atoms with Gasteiger partial charge in [0.15, 0.2) is 0 Å². The van der Waals surface area contributed by atoms with Gasteiger partial charge in [-0.05, 0) is 42.3 Å². The Bertz CT molecular complexity index is 836. The minimum absolute atomic E-state index is 0.0723. The number of anilines is 1. The molecule has 8 heteroatoms. The Balaban J connectivity index is 2.16. The summed E-state index contributed by atoms with van der Waals surface area (Å²) in [5, 5.41) is 8.11. The summed E-state index contributed by atoms with van der Waals surface area (Å²) < 4.78 is 40.3. The van der Waals surface area contributed by atoms with Gasteiger partial charge in [-0.2, -0.15) is 0 Å². The van der Waals surface area contributed by atoms with E-state index in [4.69, 9.17) is 5.14 Å². The predicted octanol–water partition coefficient (Wildman–Crippen LogP) is 1.91. The van der Waals surface area contributed by atoms with Crippen LogP contribution in [0.1, 0.15) is 15.9 Å². The molecule has 6 nitrogen and oxygen atoms in total. The molecule has 0 bridgehead atoms. The smallest absolute Gasteiger partial charge is 0.340 e. The molecule has 0 unspecified atom stereocenters. The second kappa shape index (κ2) is 7.41. The van der Waals surface area contributed by atoms with Crippen molar-refractivity contribution in [3.63, 3.8) is 0 Å². The highest BCUT2D eigenvalue weighted by atomic mass is 32.2. The summed E-state index contributed by atoms with van der Waals surface area (Å²) in [5.41, 5.74) is 1.42. The number of nitrogens with two attached hydrogens (primary N) is 1. The summed E-state index contributed by atoms with van der Waals surface area (Å²) in [4.78, 5) is 11.7. The van der Waals surface area contributed by atoms with Gasteiger partial charge in [0.2, 0.25) is 10.0 Å². The molecule has 0 saturated carbocycles. The zero-order chi connectivity index (χ0) is 17.7. The van der Waals surface area contributed by atoms with Crippen molar-refractivity contribution in [2.75, 3.05) is 19.0 Å². The molecule has 24 heavy (non-hydrogen) atoms. The topological polar surface area (TPSA) is 98.5 Å². The molecule has 128 valence electrons. The summed E-state index contributed by atoms with van der Waals surface area (Å²) in [6, 6.07) is 10.0. The van der Waals surface area contributed by atoms with Gasteiger partial charge in [-0.1, -0.05) is 12.1 Å². The third kappa shape index (κ3) is 4.53. The van der Waals surface area contributed by atoms with Crippen molar-refractivity contribution >= 4 is 21.7 Å². The molecule has 0 heterocycles. The van der Waals surface area contributed by atoms with Crippen LogP contribution in [0.2, 0.25) is 0 Å². The van der Waals surface area contributed by atoms with Crippen LogP contribution in [0.25, 0.3) is 0 Å². The number of benzene rings is 2. The molecule has 0 atom stereocenters. The summed E-state index contributed by atoms with van der Waals surface area (Å²) in [6.07, 6.45) is 0.595. The molecular weight excluding hydrogens is 335 g/mol. The number of nitrogens with one attached hydrogen (secondary N) is 1. The molecule has 2 aromatic carbocycles. The van der Waals surface area contributed by atoms with E-state index in [1.807, 2.05) is 0 Å². The molecule has 0 saturated heterocycles. The van der Waals surface area contributed by atoms with Crippen molar-refractivity contribution < 1.29 is 22.3 Å². The maximum absolute atomic E-state index is 12.9. The quantitative estimate of drug-likeness (QED) is 0.774. The number of carbonyl (C=O) groups excluding carboxylic acids is 1. The highest BCUT2D eigenvalue weighted by molar-refractivity contribution is 7.89. The van der Waals surface area contributed by atoms with Gasteiger partial charge in [0.1, 0.15) is 5.82 Å². The molecule has 3 N–H and O–H groups in total. The van der Waals surface area contributed by atoms with Crippen LogP contribution in [0, 0.1) is 5.82 Å². The van der Waals surface area contributed by atoms with Gasteiger partial charge in [-0.25, -0.2) is 22.7 Å². The second-order valence-electron chi connectivity index (χ2n) is 5.05. The van der Waals surface area contributed by atoms with Gasteiger partial charge in [0, 0.05) is 12.2 Å². The predicted molar refractivity (Wildman–Crippen MR) is 87.7 cm³/mol. The fraction of sp³-hybridized carbons (Fsp3) is 0.188. The van der Waals surface area contributed by atoms with Crippen molar-refractivity contribution in [2.24, 2.45) is 5.14 Å². The van der Waals surface area contributed by atoms with E-state index in [2.05, 4.69) is 10.1 Å². The van der Waals surface area contributed by atoms with Gasteiger partial charge >= 0.3 is 5.97 Å². The van der Waals surface area contributed by atoms with Crippen LogP contribution in [-0.4, -0.2) is 28.0 Å². The highest BCUT2D eigenvalue weighted by Gasteiger charge is 2.17. The molecule has 0 spiro atoms. The Morgan fingerprint density at radius 1 is 1.21 bits per heavy atom. The van der Waals surface area contributed by atoms with Crippen LogP contribution < -0.4 is 10.5 Å². The van der Waals surface area contributed by atoms with E-state index in [1.165, 1.54) is 37.4 Å². The Kier molecular flexibility index (Phi) is 5.53. The minimum atomic E-state index is -3.92. The summed E-state index contributed by atoms with van der Waals surface area (Å²) >= 11 is 0. The largest absolute Gasteiger partial charge is 0.465 e. The number of esters is 1. The zero-order valence-electron chi connectivity index (χ0n) is 13.0.